The van der Waals surface area contributed by atoms with Gasteiger partial charge >= 0.3 is 0 Å². The van der Waals surface area contributed by atoms with Gasteiger partial charge in [-0.15, -0.1) is 0 Å². The average Bonchev–Trinajstić information content (AvgIpc) is 2.60. The summed E-state index contributed by atoms with van der Waals surface area (Å²) in [6.45, 7) is 2.56. The zero-order valence-electron chi connectivity index (χ0n) is 13.7. The number of ether oxygens (including phenoxy) is 2. The second kappa shape index (κ2) is 8.88. The van der Waals surface area contributed by atoms with Gasteiger partial charge in [0.1, 0.15) is 11.5 Å². The number of methoxy groups -OCH3 is 1. The van der Waals surface area contributed by atoms with E-state index in [-0.39, 0.29) is 11.0 Å². The van der Waals surface area contributed by atoms with E-state index >= 15 is 0 Å². The molecule has 2 aromatic rings. The van der Waals surface area contributed by atoms with Crippen LogP contribution in [0.2, 0.25) is 0 Å². The summed E-state index contributed by atoms with van der Waals surface area (Å²) in [6, 6.07) is 14.4. The molecule has 1 amide bonds. The molecule has 0 heterocycles. The maximum Gasteiger partial charge on any atom is 0.261 e. The summed E-state index contributed by atoms with van der Waals surface area (Å²) >= 11 is 5.20. The van der Waals surface area contributed by atoms with Gasteiger partial charge in [0, 0.05) is 11.8 Å². The first-order valence-electron chi connectivity index (χ1n) is 7.62. The van der Waals surface area contributed by atoms with Crippen molar-refractivity contribution in [3.8, 4) is 11.5 Å². The monoisotopic (exact) mass is 344 g/mol. The van der Waals surface area contributed by atoms with E-state index in [1.54, 1.807) is 31.4 Å². The van der Waals surface area contributed by atoms with Gasteiger partial charge in [-0.1, -0.05) is 25.1 Å². The van der Waals surface area contributed by atoms with Gasteiger partial charge in [-0.3, -0.25) is 10.1 Å². The van der Waals surface area contributed by atoms with Crippen LogP contribution < -0.4 is 20.1 Å². The van der Waals surface area contributed by atoms with Crippen molar-refractivity contribution in [2.75, 3.05) is 19.0 Å². The van der Waals surface area contributed by atoms with E-state index in [2.05, 4.69) is 10.6 Å². The van der Waals surface area contributed by atoms with Gasteiger partial charge in [0.05, 0.1) is 19.3 Å². The molecule has 0 unspecified atom stereocenters. The standard InChI is InChI=1S/C18H20N2O3S/c1-3-11-23-16-10-5-4-9-15(16)17(21)20-18(24)19-13-7-6-8-14(12-13)22-2/h4-10,12H,3,11H2,1-2H3,(H2,19,20,21,24). The fourth-order valence-electron chi connectivity index (χ4n) is 2.03. The molecule has 0 aliphatic heterocycles. The molecule has 0 saturated carbocycles. The molecule has 0 spiro atoms. The number of carbonyl (C=O) groups excluding carboxylic acids is 1. The topological polar surface area (TPSA) is 59.6 Å². The Kier molecular flexibility index (Phi) is 6.57. The first-order chi connectivity index (χ1) is 11.6. The van der Waals surface area contributed by atoms with Gasteiger partial charge in [0.2, 0.25) is 0 Å². The number of amides is 1. The van der Waals surface area contributed by atoms with Gasteiger partial charge in [-0.05, 0) is 42.9 Å². The predicted molar refractivity (Wildman–Crippen MR) is 98.9 cm³/mol. The molecule has 0 radical (unpaired) electrons. The molecule has 0 atom stereocenters. The lowest BCUT2D eigenvalue weighted by molar-refractivity contribution is 0.0973. The van der Waals surface area contributed by atoms with Crippen molar-refractivity contribution in [2.45, 2.75) is 13.3 Å². The Morgan fingerprint density at radius 1 is 1.17 bits per heavy atom. The minimum absolute atomic E-state index is 0.207. The van der Waals surface area contributed by atoms with Gasteiger partial charge < -0.3 is 14.8 Å². The molecule has 0 bridgehead atoms. The van der Waals surface area contributed by atoms with Crippen LogP contribution in [0.15, 0.2) is 48.5 Å². The van der Waals surface area contributed by atoms with Gasteiger partial charge in [-0.25, -0.2) is 0 Å². The second-order valence-corrected chi connectivity index (χ2v) is 5.39. The Hall–Kier alpha value is -2.60. The van der Waals surface area contributed by atoms with Crippen molar-refractivity contribution in [3.63, 3.8) is 0 Å². The number of para-hydroxylation sites is 1. The van der Waals surface area contributed by atoms with E-state index < -0.39 is 0 Å². The Morgan fingerprint density at radius 2 is 1.96 bits per heavy atom. The van der Waals surface area contributed by atoms with E-state index in [0.29, 0.717) is 23.7 Å². The fourth-order valence-corrected chi connectivity index (χ4v) is 2.24. The number of hydrogen-bond acceptors (Lipinski definition) is 4. The Labute approximate surface area is 147 Å². The van der Waals surface area contributed by atoms with E-state index in [4.69, 9.17) is 21.7 Å². The van der Waals surface area contributed by atoms with Crippen LogP contribution >= 0.6 is 12.2 Å². The molecule has 0 aliphatic rings. The highest BCUT2D eigenvalue weighted by molar-refractivity contribution is 7.80. The van der Waals surface area contributed by atoms with Crippen LogP contribution in [-0.2, 0) is 0 Å². The minimum Gasteiger partial charge on any atom is -0.497 e. The van der Waals surface area contributed by atoms with E-state index in [1.807, 2.05) is 31.2 Å². The Balaban J connectivity index is 2.02. The van der Waals surface area contributed by atoms with Gasteiger partial charge in [-0.2, -0.15) is 0 Å². The fraction of sp³-hybridized carbons (Fsp3) is 0.222. The molecular formula is C18H20N2O3S. The summed E-state index contributed by atoms with van der Waals surface area (Å²) in [7, 11) is 1.59. The van der Waals surface area contributed by atoms with E-state index in [1.165, 1.54) is 0 Å². The average molecular weight is 344 g/mol. The smallest absolute Gasteiger partial charge is 0.261 e. The molecule has 0 fully saturated rings. The summed E-state index contributed by atoms with van der Waals surface area (Å²) < 4.78 is 10.7. The second-order valence-electron chi connectivity index (χ2n) is 4.98. The molecule has 24 heavy (non-hydrogen) atoms. The Morgan fingerprint density at radius 3 is 2.71 bits per heavy atom. The maximum atomic E-state index is 12.4. The van der Waals surface area contributed by atoms with Crippen LogP contribution in [0.1, 0.15) is 23.7 Å². The molecule has 6 heteroatoms. The molecule has 0 aromatic heterocycles. The number of rotatable bonds is 6. The number of nitrogens with one attached hydrogen (secondary N) is 2. The van der Waals surface area contributed by atoms with Crippen molar-refractivity contribution in [1.82, 2.24) is 5.32 Å². The van der Waals surface area contributed by atoms with Crippen LogP contribution in [0, 0.1) is 0 Å². The van der Waals surface area contributed by atoms with Crippen LogP contribution in [0.3, 0.4) is 0 Å². The highest BCUT2D eigenvalue weighted by Crippen LogP contribution is 2.19. The summed E-state index contributed by atoms with van der Waals surface area (Å²) in [5, 5.41) is 5.83. The minimum atomic E-state index is -0.318. The molecule has 5 nitrogen and oxygen atoms in total. The first kappa shape index (κ1) is 17.7. The molecule has 2 N–H and O–H groups in total. The highest BCUT2D eigenvalue weighted by Gasteiger charge is 2.13. The summed E-state index contributed by atoms with van der Waals surface area (Å²) in [6.07, 6.45) is 0.867. The quantitative estimate of drug-likeness (QED) is 0.784. The number of thiocarbonyl (C=S) groups is 1. The summed E-state index contributed by atoms with van der Waals surface area (Å²) in [5.41, 5.74) is 1.18. The highest BCUT2D eigenvalue weighted by atomic mass is 32.1. The number of anilines is 1. The Bertz CT molecular complexity index is 719. The van der Waals surface area contributed by atoms with Crippen molar-refractivity contribution in [1.29, 1.82) is 0 Å². The van der Waals surface area contributed by atoms with E-state index in [0.717, 1.165) is 12.1 Å². The first-order valence-corrected chi connectivity index (χ1v) is 8.03. The van der Waals surface area contributed by atoms with Crippen molar-refractivity contribution >= 4 is 28.9 Å². The van der Waals surface area contributed by atoms with Crippen LogP contribution in [-0.4, -0.2) is 24.7 Å². The third kappa shape index (κ3) is 4.96. The molecule has 126 valence electrons. The van der Waals surface area contributed by atoms with Crippen molar-refractivity contribution < 1.29 is 14.3 Å². The van der Waals surface area contributed by atoms with Crippen LogP contribution in [0.5, 0.6) is 11.5 Å². The normalized spacial score (nSPS) is 9.92. The third-order valence-electron chi connectivity index (χ3n) is 3.15. The van der Waals surface area contributed by atoms with Crippen LogP contribution in [0.4, 0.5) is 5.69 Å². The lowest BCUT2D eigenvalue weighted by Gasteiger charge is -2.13. The van der Waals surface area contributed by atoms with Gasteiger partial charge in [0.15, 0.2) is 5.11 Å². The molecule has 0 aliphatic carbocycles. The number of benzene rings is 2. The largest absolute Gasteiger partial charge is 0.497 e. The zero-order chi connectivity index (χ0) is 17.4. The van der Waals surface area contributed by atoms with Gasteiger partial charge in [0.25, 0.3) is 5.91 Å². The summed E-state index contributed by atoms with van der Waals surface area (Å²) in [4.78, 5) is 12.4. The van der Waals surface area contributed by atoms with Crippen LogP contribution in [0.25, 0.3) is 0 Å². The van der Waals surface area contributed by atoms with Crippen molar-refractivity contribution in [2.24, 2.45) is 0 Å². The lowest BCUT2D eigenvalue weighted by Crippen LogP contribution is -2.34. The van der Waals surface area contributed by atoms with E-state index in [9.17, 15) is 4.79 Å². The zero-order valence-corrected chi connectivity index (χ0v) is 14.5. The lowest BCUT2D eigenvalue weighted by atomic mass is 10.2. The van der Waals surface area contributed by atoms with Crippen molar-refractivity contribution in [3.05, 3.63) is 54.1 Å². The maximum absolute atomic E-state index is 12.4. The SMILES string of the molecule is CCCOc1ccccc1C(=O)NC(=S)Nc1cccc(OC)c1. The number of carbonyl (C=O) groups is 1. The molecule has 2 rings (SSSR count). The number of hydrogen-bond donors (Lipinski definition) is 2. The third-order valence-corrected chi connectivity index (χ3v) is 3.35. The molecule has 0 saturated heterocycles. The summed E-state index contributed by atoms with van der Waals surface area (Å²) in [5.74, 6) is 0.926. The molecular weight excluding hydrogens is 324 g/mol. The predicted octanol–water partition coefficient (Wildman–Crippen LogP) is 3.61. The molecule has 2 aromatic carbocycles.